The molecule has 0 amide bonds. The molecule has 4 heterocycles. The van der Waals surface area contributed by atoms with Gasteiger partial charge in [-0.2, -0.15) is 12.1 Å². The van der Waals surface area contributed by atoms with Crippen molar-refractivity contribution in [1.82, 2.24) is 19.1 Å². The molecule has 8 rings (SSSR count). The molecule has 0 unspecified atom stereocenters. The maximum Gasteiger partial charge on any atom is 0.216 e. The smallest absolute Gasteiger partial charge is 0.216 e. The van der Waals surface area contributed by atoms with Crippen LogP contribution in [0.5, 0.6) is 23.3 Å². The van der Waals surface area contributed by atoms with Gasteiger partial charge < -0.3 is 66.8 Å². The van der Waals surface area contributed by atoms with Crippen LogP contribution in [0.25, 0.3) is 33.4 Å². The number of pyridine rings is 2. The first-order chi connectivity index (χ1) is 28.9. The minimum Gasteiger partial charge on any atom is -0.669 e. The molecular weight excluding hydrogens is 1130 g/mol. The Labute approximate surface area is 396 Å². The van der Waals surface area contributed by atoms with Crippen LogP contribution in [0.4, 0.5) is 0 Å². The van der Waals surface area contributed by atoms with Crippen molar-refractivity contribution < 1.29 is 51.6 Å². The number of rotatable bonds is 7. The Morgan fingerprint density at radius 2 is 0.855 bits per heavy atom. The molecule has 0 aliphatic carbocycles. The van der Waals surface area contributed by atoms with Crippen molar-refractivity contribution in [3.8, 4) is 68.7 Å². The SMILES string of the molecule is CC(C)(C)c1ccc(-c2ccnc(Oc3[c-]c(-c4[c-]ccc(Oc5cc(-c6ccc(C(C)(C)C)cc6)ccn5)[c-]4)[c-]cc3)c2)cc1.[C-]#Cn1cccc1.[C-]#Cn1cccc1.[Pt].[Pt]. The van der Waals surface area contributed by atoms with Gasteiger partial charge in [-0.05, 0) is 80.6 Å². The van der Waals surface area contributed by atoms with E-state index in [1.165, 1.54) is 11.1 Å². The van der Waals surface area contributed by atoms with Crippen LogP contribution in [0.15, 0.2) is 159 Å². The summed E-state index contributed by atoms with van der Waals surface area (Å²) in [5.41, 5.74) is 8.35. The average Bonchev–Trinajstić information content (AvgIpc) is 4.00. The molecule has 0 N–H and O–H groups in total. The average molecular weight is 1170 g/mol. The third-order valence-electron chi connectivity index (χ3n) is 9.21. The minimum absolute atomic E-state index is 0. The number of hydrogen-bond donors (Lipinski definition) is 0. The van der Waals surface area contributed by atoms with Gasteiger partial charge in [-0.25, -0.2) is 22.1 Å². The Balaban J connectivity index is 0.000000447. The second kappa shape index (κ2) is 22.6. The molecule has 0 fully saturated rings. The van der Waals surface area contributed by atoms with Gasteiger partial charge in [0.15, 0.2) is 0 Å². The van der Waals surface area contributed by atoms with Gasteiger partial charge in [-0.3, -0.25) is 12.1 Å². The third-order valence-corrected chi connectivity index (χ3v) is 9.21. The van der Waals surface area contributed by atoms with Crippen LogP contribution in [0.2, 0.25) is 0 Å². The van der Waals surface area contributed by atoms with E-state index in [4.69, 9.17) is 22.3 Å². The maximum atomic E-state index is 6.57. The molecule has 0 bridgehead atoms. The predicted molar refractivity (Wildman–Crippen MR) is 238 cm³/mol. The van der Waals surface area contributed by atoms with Gasteiger partial charge in [0.05, 0.1) is 0 Å². The summed E-state index contributed by atoms with van der Waals surface area (Å²) in [6, 6.07) is 57.0. The van der Waals surface area contributed by atoms with Crippen LogP contribution >= 0.6 is 0 Å². The summed E-state index contributed by atoms with van der Waals surface area (Å²) in [5.74, 6) is 1.99. The van der Waals surface area contributed by atoms with E-state index in [2.05, 4.69) is 136 Å². The van der Waals surface area contributed by atoms with E-state index < -0.39 is 0 Å². The summed E-state index contributed by atoms with van der Waals surface area (Å²) in [4.78, 5) is 8.86. The van der Waals surface area contributed by atoms with Crippen molar-refractivity contribution in [2.24, 2.45) is 0 Å². The van der Waals surface area contributed by atoms with Crippen LogP contribution in [-0.2, 0) is 53.0 Å². The maximum absolute atomic E-state index is 6.57. The fraction of sp³-hybridized carbons (Fsp3) is 0.148. The molecule has 0 aliphatic heterocycles. The van der Waals surface area contributed by atoms with Gasteiger partial charge in [-0.15, -0.1) is 0 Å². The number of benzene rings is 4. The molecular formula is C54H44N4O2Pt2-6. The van der Waals surface area contributed by atoms with Crippen molar-refractivity contribution >= 4 is 0 Å². The van der Waals surface area contributed by atoms with E-state index in [1.807, 2.05) is 48.5 Å². The van der Waals surface area contributed by atoms with Crippen LogP contribution in [-0.4, -0.2) is 19.1 Å². The zero-order valence-electron chi connectivity index (χ0n) is 35.2. The summed E-state index contributed by atoms with van der Waals surface area (Å²) in [7, 11) is 0. The number of hydrogen-bond acceptors (Lipinski definition) is 4. The van der Waals surface area contributed by atoms with E-state index >= 15 is 0 Å². The van der Waals surface area contributed by atoms with Crippen LogP contribution in [0.3, 0.4) is 0 Å². The summed E-state index contributed by atoms with van der Waals surface area (Å²) in [6.07, 6.45) is 23.7. The van der Waals surface area contributed by atoms with Crippen molar-refractivity contribution in [2.75, 3.05) is 0 Å². The van der Waals surface area contributed by atoms with E-state index in [1.54, 1.807) is 70.6 Å². The number of aromatic nitrogens is 4. The molecule has 8 aromatic rings. The monoisotopic (exact) mass is 1170 g/mol. The van der Waals surface area contributed by atoms with Crippen molar-refractivity contribution in [2.45, 2.75) is 52.4 Å². The first kappa shape index (κ1) is 48.5. The number of nitrogens with zero attached hydrogens (tertiary/aromatic N) is 4. The number of ether oxygens (including phenoxy) is 2. The Morgan fingerprint density at radius 1 is 0.500 bits per heavy atom. The Morgan fingerprint density at radius 3 is 1.16 bits per heavy atom. The molecule has 62 heavy (non-hydrogen) atoms. The van der Waals surface area contributed by atoms with Crippen LogP contribution in [0, 0.1) is 49.2 Å². The summed E-state index contributed by atoms with van der Waals surface area (Å²) >= 11 is 0. The van der Waals surface area contributed by atoms with Gasteiger partial charge >= 0.3 is 0 Å². The third kappa shape index (κ3) is 13.9. The quantitative estimate of drug-likeness (QED) is 0.118. The molecule has 0 saturated carbocycles. The second-order valence-corrected chi connectivity index (χ2v) is 15.7. The topological polar surface area (TPSA) is 54.1 Å². The van der Waals surface area contributed by atoms with Gasteiger partial charge in [0.25, 0.3) is 0 Å². The van der Waals surface area contributed by atoms with E-state index in [0.717, 1.165) is 22.3 Å². The molecule has 318 valence electrons. The largest absolute Gasteiger partial charge is 0.669 e. The van der Waals surface area contributed by atoms with Crippen LogP contribution < -0.4 is 9.47 Å². The summed E-state index contributed by atoms with van der Waals surface area (Å²) < 4.78 is 15.3. The molecule has 6 nitrogen and oxygen atoms in total. The Bertz CT molecular complexity index is 2490. The molecule has 4 aromatic heterocycles. The zero-order valence-corrected chi connectivity index (χ0v) is 39.8. The Hall–Kier alpha value is -6.16. The molecule has 8 heteroatoms. The van der Waals surface area contributed by atoms with Gasteiger partial charge in [0, 0.05) is 91.4 Å². The summed E-state index contributed by atoms with van der Waals surface area (Å²) in [6.45, 7) is 13.3. The van der Waals surface area contributed by atoms with Crippen molar-refractivity contribution in [3.05, 3.63) is 207 Å². The molecule has 0 radical (unpaired) electrons. The fourth-order valence-corrected chi connectivity index (χ4v) is 5.85. The summed E-state index contributed by atoms with van der Waals surface area (Å²) in [5, 5.41) is 0. The van der Waals surface area contributed by atoms with Crippen molar-refractivity contribution in [3.63, 3.8) is 0 Å². The first-order valence-electron chi connectivity index (χ1n) is 19.4. The van der Waals surface area contributed by atoms with Gasteiger partial charge in [-0.1, -0.05) is 102 Å². The van der Waals surface area contributed by atoms with Gasteiger partial charge in [0.1, 0.15) is 0 Å². The van der Waals surface area contributed by atoms with E-state index in [9.17, 15) is 0 Å². The van der Waals surface area contributed by atoms with Gasteiger partial charge in [0.2, 0.25) is 11.8 Å². The first-order valence-corrected chi connectivity index (χ1v) is 19.4. The van der Waals surface area contributed by atoms with E-state index in [0.29, 0.717) is 34.4 Å². The Kier molecular flexibility index (Phi) is 17.7. The standard InChI is InChI=1S/C42H36N2O2.2C6H4N.2Pt/c1-41(2,3)35-17-13-29(14-18-35)33-21-23-43-39(27-33)45-37-11-7-9-31(25-37)32-10-8-12-38(26-32)46-40-28-34(22-24-44-40)30-15-19-36(20-16-30)42(4,5)6;2*1-2-7-5-3-4-6-7;;/h7-8,11-24,27-28H,1-6H3;2*3-6H;;/q-4;2*-1;;. The normalized spacial score (nSPS) is 10.5. The molecule has 0 saturated heterocycles. The minimum atomic E-state index is 0. The predicted octanol–water partition coefficient (Wildman–Crippen LogP) is 12.6. The van der Waals surface area contributed by atoms with Crippen molar-refractivity contribution in [1.29, 1.82) is 0 Å². The van der Waals surface area contributed by atoms with E-state index in [-0.39, 0.29) is 53.0 Å². The molecule has 0 atom stereocenters. The molecule has 0 aliphatic rings. The van der Waals surface area contributed by atoms with Crippen LogP contribution in [0.1, 0.15) is 52.7 Å². The fourth-order valence-electron chi connectivity index (χ4n) is 5.85. The zero-order chi connectivity index (χ0) is 42.5. The second-order valence-electron chi connectivity index (χ2n) is 15.7. The molecule has 0 spiro atoms. The molecule has 4 aromatic carbocycles.